The highest BCUT2D eigenvalue weighted by atomic mass is 35.5. The van der Waals surface area contributed by atoms with Crippen LogP contribution in [0.5, 0.6) is 0 Å². The molecule has 0 spiro atoms. The van der Waals surface area contributed by atoms with Gasteiger partial charge in [-0.2, -0.15) is 0 Å². The molecule has 1 fully saturated rings. The Morgan fingerprint density at radius 3 is 2.68 bits per heavy atom. The molecule has 1 aromatic carbocycles. The highest BCUT2D eigenvalue weighted by Crippen LogP contribution is 2.35. The second-order valence-corrected chi connectivity index (χ2v) is 9.65. The number of hydrogen-bond acceptors (Lipinski definition) is 6. The molecule has 3 unspecified atom stereocenters. The smallest absolute Gasteiger partial charge is 0.306 e. The van der Waals surface area contributed by atoms with Crippen LogP contribution in [0.3, 0.4) is 0 Å². The minimum atomic E-state index is -0.637. The zero-order valence-electron chi connectivity index (χ0n) is 20.4. The molecule has 3 rings (SSSR count). The summed E-state index contributed by atoms with van der Waals surface area (Å²) in [6.07, 6.45) is 4.43. The molecule has 2 aromatic rings. The number of halogens is 1. The predicted octanol–water partition coefficient (Wildman–Crippen LogP) is 4.22. The Hall–Kier alpha value is -2.38. The summed E-state index contributed by atoms with van der Waals surface area (Å²) < 4.78 is 11.2. The average Bonchev–Trinajstić information content (AvgIpc) is 3.24. The van der Waals surface area contributed by atoms with Crippen LogP contribution in [-0.2, 0) is 33.7 Å². The monoisotopic (exact) mass is 491 g/mol. The highest BCUT2D eigenvalue weighted by Gasteiger charge is 2.33. The van der Waals surface area contributed by atoms with Crippen molar-refractivity contribution in [3.8, 4) is 0 Å². The number of nitrogens with two attached hydrogens (primary N) is 1. The summed E-state index contributed by atoms with van der Waals surface area (Å²) in [6.45, 7) is 6.83. The number of rotatable bonds is 10. The largest absolute Gasteiger partial charge is 0.462 e. The first kappa shape index (κ1) is 27.9. The maximum absolute atomic E-state index is 12.5. The number of aryl methyl sites for hydroxylation is 1. The number of carbonyl (C=O) groups excluding carboxylic acids is 2. The third-order valence-electron chi connectivity index (χ3n) is 6.51. The molecule has 1 aliphatic rings. The second-order valence-electron chi connectivity index (χ2n) is 9.65. The van der Waals surface area contributed by atoms with E-state index in [0.29, 0.717) is 42.0 Å². The molecule has 4 atom stereocenters. The van der Waals surface area contributed by atoms with Gasteiger partial charge in [0.05, 0.1) is 24.7 Å². The fourth-order valence-corrected chi connectivity index (χ4v) is 4.53. The van der Waals surface area contributed by atoms with E-state index in [0.717, 1.165) is 18.4 Å². The van der Waals surface area contributed by atoms with Crippen molar-refractivity contribution in [2.24, 2.45) is 23.5 Å². The van der Waals surface area contributed by atoms with Gasteiger partial charge in [-0.3, -0.25) is 9.59 Å². The van der Waals surface area contributed by atoms with Gasteiger partial charge in [0.25, 0.3) is 0 Å². The van der Waals surface area contributed by atoms with Crippen LogP contribution in [0.15, 0.2) is 40.9 Å². The minimum Gasteiger partial charge on any atom is -0.462 e. The molecule has 8 heteroatoms. The third kappa shape index (κ3) is 8.44. The lowest BCUT2D eigenvalue weighted by molar-refractivity contribution is -0.155. The standard InChI is InChI=1S/C26H37N3O4.ClH/c1-17(2)22-11-9-18(3)13-24(22)32-25(30)12-10-20-15-21(33-29-20)16-28-26(31)23(27)14-19-7-5-4-6-8-19;/h4-8,15,17-18,22-24H,9-14,16,27H2,1-3H3,(H,28,31);1H/t18?,22?,23-,24?;/m0./s1. The van der Waals surface area contributed by atoms with Crippen LogP contribution < -0.4 is 11.1 Å². The molecule has 7 nitrogen and oxygen atoms in total. The summed E-state index contributed by atoms with van der Waals surface area (Å²) in [5.41, 5.74) is 7.68. The molecular formula is C26H38ClN3O4. The lowest BCUT2D eigenvalue weighted by Gasteiger charge is -2.36. The maximum atomic E-state index is 12.5. The first-order valence-corrected chi connectivity index (χ1v) is 12.0. The topological polar surface area (TPSA) is 107 Å². The zero-order valence-corrected chi connectivity index (χ0v) is 21.2. The van der Waals surface area contributed by atoms with Crippen molar-refractivity contribution in [2.45, 2.75) is 78.0 Å². The van der Waals surface area contributed by atoms with Crippen LogP contribution in [0.4, 0.5) is 0 Å². The number of ether oxygens (including phenoxy) is 1. The molecule has 1 aromatic heterocycles. The van der Waals surface area contributed by atoms with E-state index in [1.54, 1.807) is 6.07 Å². The van der Waals surface area contributed by atoms with Gasteiger partial charge >= 0.3 is 5.97 Å². The lowest BCUT2D eigenvalue weighted by atomic mass is 9.75. The molecule has 1 amide bonds. The molecule has 1 heterocycles. The van der Waals surface area contributed by atoms with Crippen molar-refractivity contribution in [2.75, 3.05) is 0 Å². The van der Waals surface area contributed by atoms with Gasteiger partial charge in [0.2, 0.25) is 5.91 Å². The molecule has 0 bridgehead atoms. The molecule has 0 saturated heterocycles. The summed E-state index contributed by atoms with van der Waals surface area (Å²) in [5.74, 6) is 1.61. The van der Waals surface area contributed by atoms with Crippen molar-refractivity contribution >= 4 is 24.3 Å². The Morgan fingerprint density at radius 1 is 1.24 bits per heavy atom. The van der Waals surface area contributed by atoms with Gasteiger partial charge in [-0.05, 0) is 42.6 Å². The van der Waals surface area contributed by atoms with Gasteiger partial charge in [-0.1, -0.05) is 62.7 Å². The van der Waals surface area contributed by atoms with E-state index in [1.807, 2.05) is 30.3 Å². The number of nitrogens with one attached hydrogen (secondary N) is 1. The summed E-state index contributed by atoms with van der Waals surface area (Å²) in [7, 11) is 0. The molecule has 1 aliphatic carbocycles. The van der Waals surface area contributed by atoms with Crippen molar-refractivity contribution in [1.82, 2.24) is 10.5 Å². The SMILES string of the molecule is CC1CCC(C(C)C)C(OC(=O)CCc2cc(CNC(=O)[C@@H](N)Cc3ccccc3)on2)C1.Cl. The van der Waals surface area contributed by atoms with E-state index < -0.39 is 6.04 Å². The third-order valence-corrected chi connectivity index (χ3v) is 6.51. The molecule has 34 heavy (non-hydrogen) atoms. The Balaban J connectivity index is 0.00000408. The van der Waals surface area contributed by atoms with Crippen LogP contribution in [0, 0.1) is 17.8 Å². The Bertz CT molecular complexity index is 902. The van der Waals surface area contributed by atoms with Crippen molar-refractivity contribution in [3.05, 3.63) is 53.4 Å². The number of benzene rings is 1. The first-order valence-electron chi connectivity index (χ1n) is 12.0. The van der Waals surface area contributed by atoms with Crippen molar-refractivity contribution in [3.63, 3.8) is 0 Å². The first-order chi connectivity index (χ1) is 15.8. The zero-order chi connectivity index (χ0) is 23.8. The highest BCUT2D eigenvalue weighted by molar-refractivity contribution is 5.85. The van der Waals surface area contributed by atoms with E-state index in [2.05, 4.69) is 31.2 Å². The van der Waals surface area contributed by atoms with Crippen LogP contribution in [-0.4, -0.2) is 29.2 Å². The predicted molar refractivity (Wildman–Crippen MR) is 133 cm³/mol. The van der Waals surface area contributed by atoms with Gasteiger partial charge in [-0.25, -0.2) is 0 Å². The van der Waals surface area contributed by atoms with Crippen LogP contribution in [0.2, 0.25) is 0 Å². The van der Waals surface area contributed by atoms with Gasteiger partial charge in [-0.15, -0.1) is 12.4 Å². The number of esters is 1. The Kier molecular flexibility index (Phi) is 11.1. The summed E-state index contributed by atoms with van der Waals surface area (Å²) in [5, 5.41) is 6.80. The lowest BCUT2D eigenvalue weighted by Crippen LogP contribution is -2.41. The normalized spacial score (nSPS) is 20.9. The van der Waals surface area contributed by atoms with Gasteiger partial charge in [0, 0.05) is 12.5 Å². The molecule has 3 N–H and O–H groups in total. The van der Waals surface area contributed by atoms with E-state index in [4.69, 9.17) is 15.0 Å². The van der Waals surface area contributed by atoms with Gasteiger partial charge < -0.3 is 20.3 Å². The molecule has 188 valence electrons. The summed E-state index contributed by atoms with van der Waals surface area (Å²) in [6, 6.07) is 10.8. The quantitative estimate of drug-likeness (QED) is 0.482. The van der Waals surface area contributed by atoms with E-state index in [1.165, 1.54) is 6.42 Å². The molecular weight excluding hydrogens is 454 g/mol. The Labute approximate surface area is 208 Å². The number of carbonyl (C=O) groups is 2. The maximum Gasteiger partial charge on any atom is 0.306 e. The van der Waals surface area contributed by atoms with Crippen LogP contribution in [0.1, 0.15) is 63.5 Å². The van der Waals surface area contributed by atoms with Gasteiger partial charge in [0.15, 0.2) is 5.76 Å². The molecule has 0 aliphatic heterocycles. The van der Waals surface area contributed by atoms with E-state index in [9.17, 15) is 9.59 Å². The molecule has 0 radical (unpaired) electrons. The van der Waals surface area contributed by atoms with Crippen molar-refractivity contribution < 1.29 is 18.8 Å². The number of aromatic nitrogens is 1. The fourth-order valence-electron chi connectivity index (χ4n) is 4.53. The second kappa shape index (κ2) is 13.5. The van der Waals surface area contributed by atoms with E-state index >= 15 is 0 Å². The molecule has 1 saturated carbocycles. The van der Waals surface area contributed by atoms with Gasteiger partial charge in [0.1, 0.15) is 6.10 Å². The minimum absolute atomic E-state index is 0. The number of hydrogen-bond donors (Lipinski definition) is 2. The van der Waals surface area contributed by atoms with Crippen LogP contribution in [0.25, 0.3) is 0 Å². The van der Waals surface area contributed by atoms with Crippen molar-refractivity contribution in [1.29, 1.82) is 0 Å². The fraction of sp³-hybridized carbons (Fsp3) is 0.577. The number of nitrogens with zero attached hydrogens (tertiary/aromatic N) is 1. The summed E-state index contributed by atoms with van der Waals surface area (Å²) >= 11 is 0. The Morgan fingerprint density at radius 2 is 1.97 bits per heavy atom. The average molecular weight is 492 g/mol. The summed E-state index contributed by atoms with van der Waals surface area (Å²) in [4.78, 5) is 24.7. The van der Waals surface area contributed by atoms with E-state index in [-0.39, 0.29) is 43.4 Å². The number of amides is 1. The van der Waals surface area contributed by atoms with Crippen LogP contribution >= 0.6 is 12.4 Å².